The van der Waals surface area contributed by atoms with Crippen LogP contribution in [0, 0.1) is 17.8 Å². The van der Waals surface area contributed by atoms with Gasteiger partial charge in [0.25, 0.3) is 0 Å². The highest BCUT2D eigenvalue weighted by Crippen LogP contribution is 2.44. The quantitative estimate of drug-likeness (QED) is 0.770. The predicted octanol–water partition coefficient (Wildman–Crippen LogP) is 2.74. The zero-order valence-electron chi connectivity index (χ0n) is 14.9. The average Bonchev–Trinajstić information content (AvgIpc) is 3.22. The van der Waals surface area contributed by atoms with Crippen LogP contribution in [0.4, 0.5) is 13.2 Å². The van der Waals surface area contributed by atoms with E-state index in [0.717, 1.165) is 5.56 Å². The van der Waals surface area contributed by atoms with E-state index >= 15 is 0 Å². The van der Waals surface area contributed by atoms with Crippen molar-refractivity contribution < 1.29 is 27.5 Å². The minimum absolute atomic E-state index is 0.170. The number of carbonyl (C=O) groups excluding carboxylic acids is 2. The van der Waals surface area contributed by atoms with Crippen LogP contribution in [-0.4, -0.2) is 31.1 Å². The van der Waals surface area contributed by atoms with Crippen molar-refractivity contribution in [2.45, 2.75) is 31.6 Å². The Hall–Kier alpha value is -2.51. The SMILES string of the molecule is COc1ccc([C@@H](C)NC(=O)C2C3C=CC(C3)[C@@H]2NC(=O)C(F)(F)F)cc1. The third-order valence-corrected chi connectivity index (χ3v) is 5.29. The van der Waals surface area contributed by atoms with E-state index in [9.17, 15) is 22.8 Å². The molecule has 2 aliphatic rings. The second kappa shape index (κ2) is 7.25. The standard InChI is InChI=1S/C19H21F3N2O3/c1-10(11-5-7-14(27-2)8-6-11)23-17(25)15-12-3-4-13(9-12)16(15)24-18(26)19(20,21)22/h3-8,10,12-13,15-16H,9H2,1-2H3,(H,23,25)(H,24,26)/t10-,12?,13?,15?,16+/m1/s1. The van der Waals surface area contributed by atoms with Crippen molar-refractivity contribution in [1.82, 2.24) is 10.6 Å². The van der Waals surface area contributed by atoms with Crippen LogP contribution in [0.15, 0.2) is 36.4 Å². The predicted molar refractivity (Wildman–Crippen MR) is 91.8 cm³/mol. The highest BCUT2D eigenvalue weighted by atomic mass is 19.4. The lowest BCUT2D eigenvalue weighted by molar-refractivity contribution is -0.175. The fraction of sp³-hybridized carbons (Fsp3) is 0.474. The van der Waals surface area contributed by atoms with Crippen molar-refractivity contribution in [3.05, 3.63) is 42.0 Å². The molecule has 27 heavy (non-hydrogen) atoms. The maximum absolute atomic E-state index is 12.8. The molecule has 1 aromatic carbocycles. The van der Waals surface area contributed by atoms with E-state index in [1.165, 1.54) is 0 Å². The summed E-state index contributed by atoms with van der Waals surface area (Å²) in [5.41, 5.74) is 0.846. The maximum atomic E-state index is 12.8. The Kier molecular flexibility index (Phi) is 5.17. The molecule has 2 amide bonds. The molecule has 1 aromatic rings. The molecule has 0 aromatic heterocycles. The third kappa shape index (κ3) is 3.94. The maximum Gasteiger partial charge on any atom is 0.471 e. The Bertz CT molecular complexity index is 746. The van der Waals surface area contributed by atoms with Gasteiger partial charge in [0.2, 0.25) is 5.91 Å². The topological polar surface area (TPSA) is 67.4 Å². The molecule has 5 atom stereocenters. The van der Waals surface area contributed by atoms with Gasteiger partial charge in [-0.1, -0.05) is 24.3 Å². The van der Waals surface area contributed by atoms with Crippen molar-refractivity contribution >= 4 is 11.8 Å². The van der Waals surface area contributed by atoms with Crippen molar-refractivity contribution in [1.29, 1.82) is 0 Å². The zero-order valence-corrected chi connectivity index (χ0v) is 14.9. The summed E-state index contributed by atoms with van der Waals surface area (Å²) in [6.07, 6.45) is -0.771. The molecule has 3 rings (SSSR count). The number of amides is 2. The van der Waals surface area contributed by atoms with E-state index in [4.69, 9.17) is 4.74 Å². The molecule has 5 nitrogen and oxygen atoms in total. The van der Waals surface area contributed by atoms with E-state index < -0.39 is 24.0 Å². The van der Waals surface area contributed by atoms with E-state index in [2.05, 4.69) is 5.32 Å². The minimum Gasteiger partial charge on any atom is -0.497 e. The van der Waals surface area contributed by atoms with Gasteiger partial charge in [0.15, 0.2) is 0 Å². The largest absolute Gasteiger partial charge is 0.497 e. The number of ether oxygens (including phenoxy) is 1. The summed E-state index contributed by atoms with van der Waals surface area (Å²) in [5.74, 6) is -2.82. The lowest BCUT2D eigenvalue weighted by Crippen LogP contribution is -2.52. The lowest BCUT2D eigenvalue weighted by atomic mass is 9.87. The first-order chi connectivity index (χ1) is 12.7. The van der Waals surface area contributed by atoms with Crippen LogP contribution < -0.4 is 15.4 Å². The van der Waals surface area contributed by atoms with Crippen LogP contribution in [0.3, 0.4) is 0 Å². The number of allylic oxidation sites excluding steroid dienone is 1. The van der Waals surface area contributed by atoms with Crippen LogP contribution in [0.1, 0.15) is 24.9 Å². The van der Waals surface area contributed by atoms with Gasteiger partial charge in [-0.2, -0.15) is 13.2 Å². The molecule has 2 bridgehead atoms. The Balaban J connectivity index is 1.70. The summed E-state index contributed by atoms with van der Waals surface area (Å²) in [5, 5.41) is 4.87. The third-order valence-electron chi connectivity index (χ3n) is 5.29. The van der Waals surface area contributed by atoms with E-state index in [-0.39, 0.29) is 23.8 Å². The van der Waals surface area contributed by atoms with Gasteiger partial charge in [0.05, 0.1) is 19.1 Å². The first-order valence-electron chi connectivity index (χ1n) is 8.71. The average molecular weight is 382 g/mol. The number of rotatable bonds is 5. The molecular weight excluding hydrogens is 361 g/mol. The summed E-state index contributed by atoms with van der Waals surface area (Å²) < 4.78 is 43.0. The van der Waals surface area contributed by atoms with E-state index in [0.29, 0.717) is 12.2 Å². The summed E-state index contributed by atoms with van der Waals surface area (Å²) in [4.78, 5) is 24.1. The van der Waals surface area contributed by atoms with E-state index in [1.54, 1.807) is 32.2 Å². The van der Waals surface area contributed by atoms with Crippen LogP contribution in [-0.2, 0) is 9.59 Å². The van der Waals surface area contributed by atoms with Gasteiger partial charge in [-0.3, -0.25) is 9.59 Å². The van der Waals surface area contributed by atoms with Gasteiger partial charge in [-0.25, -0.2) is 0 Å². The van der Waals surface area contributed by atoms with Gasteiger partial charge in [0.1, 0.15) is 5.75 Å². The molecule has 0 aliphatic heterocycles. The highest BCUT2D eigenvalue weighted by Gasteiger charge is 2.51. The molecule has 1 fully saturated rings. The number of hydrogen-bond donors (Lipinski definition) is 2. The second-order valence-electron chi connectivity index (χ2n) is 6.97. The summed E-state index contributed by atoms with van der Waals surface area (Å²) >= 11 is 0. The van der Waals surface area contributed by atoms with Gasteiger partial charge >= 0.3 is 12.1 Å². The first kappa shape index (κ1) is 19.3. The smallest absolute Gasteiger partial charge is 0.471 e. The molecule has 0 heterocycles. The van der Waals surface area contributed by atoms with Crippen molar-refractivity contribution in [2.24, 2.45) is 17.8 Å². The van der Waals surface area contributed by atoms with E-state index in [1.807, 2.05) is 23.5 Å². The van der Waals surface area contributed by atoms with Gasteiger partial charge < -0.3 is 15.4 Å². The first-order valence-corrected chi connectivity index (χ1v) is 8.71. The molecule has 1 saturated carbocycles. The normalized spacial score (nSPS) is 27.3. The Morgan fingerprint density at radius 1 is 1.15 bits per heavy atom. The van der Waals surface area contributed by atoms with Crippen LogP contribution >= 0.6 is 0 Å². The molecule has 0 saturated heterocycles. The monoisotopic (exact) mass is 382 g/mol. The Labute approximate surface area is 155 Å². The van der Waals surface area contributed by atoms with Crippen molar-refractivity contribution in [3.8, 4) is 5.75 Å². The summed E-state index contributed by atoms with van der Waals surface area (Å²) in [7, 11) is 1.55. The Morgan fingerprint density at radius 3 is 2.37 bits per heavy atom. The van der Waals surface area contributed by atoms with Gasteiger partial charge in [-0.15, -0.1) is 0 Å². The molecule has 0 radical (unpaired) electrons. The molecule has 2 aliphatic carbocycles. The number of carbonyl (C=O) groups is 2. The molecule has 2 N–H and O–H groups in total. The summed E-state index contributed by atoms with van der Waals surface area (Å²) in [6, 6.07) is 5.98. The summed E-state index contributed by atoms with van der Waals surface area (Å²) in [6.45, 7) is 1.80. The van der Waals surface area contributed by atoms with Crippen molar-refractivity contribution in [2.75, 3.05) is 7.11 Å². The van der Waals surface area contributed by atoms with Gasteiger partial charge in [0, 0.05) is 6.04 Å². The number of halogens is 3. The van der Waals surface area contributed by atoms with Crippen LogP contribution in [0.5, 0.6) is 5.75 Å². The fourth-order valence-corrected chi connectivity index (χ4v) is 3.90. The number of fused-ring (bicyclic) bond motifs is 2. The molecule has 8 heteroatoms. The molecule has 0 spiro atoms. The molecular formula is C19H21F3N2O3. The Morgan fingerprint density at radius 2 is 1.78 bits per heavy atom. The number of hydrogen-bond acceptors (Lipinski definition) is 3. The van der Waals surface area contributed by atoms with Gasteiger partial charge in [-0.05, 0) is 42.9 Å². The van der Waals surface area contributed by atoms with Crippen LogP contribution in [0.25, 0.3) is 0 Å². The molecule has 3 unspecified atom stereocenters. The number of nitrogens with one attached hydrogen (secondary N) is 2. The number of alkyl halides is 3. The minimum atomic E-state index is -4.97. The molecule has 146 valence electrons. The van der Waals surface area contributed by atoms with Crippen molar-refractivity contribution in [3.63, 3.8) is 0 Å². The second-order valence-corrected chi connectivity index (χ2v) is 6.97. The number of benzene rings is 1. The zero-order chi connectivity index (χ0) is 19.8. The fourth-order valence-electron chi connectivity index (χ4n) is 3.90. The lowest BCUT2D eigenvalue weighted by Gasteiger charge is -2.29. The van der Waals surface area contributed by atoms with Crippen LogP contribution in [0.2, 0.25) is 0 Å². The number of methoxy groups -OCH3 is 1. The highest BCUT2D eigenvalue weighted by molar-refractivity contribution is 5.85.